The fourth-order valence-corrected chi connectivity index (χ4v) is 9.36. The van der Waals surface area contributed by atoms with E-state index in [-0.39, 0.29) is 34.4 Å². The van der Waals surface area contributed by atoms with E-state index in [0.29, 0.717) is 16.1 Å². The van der Waals surface area contributed by atoms with E-state index in [1.54, 1.807) is 26.2 Å². The second kappa shape index (κ2) is 11.4. The van der Waals surface area contributed by atoms with Crippen LogP contribution < -0.4 is 10.2 Å². The minimum atomic E-state index is -4.15. The van der Waals surface area contributed by atoms with Gasteiger partial charge in [0.1, 0.15) is 30.1 Å². The standard InChI is InChI=1S/C26H41N3O6S2Si/c1-13-35-24(30)19(4)16-21-23(36(31)20-14-17(2)22(34-10)18(3)15-20)29(37(32,33)28(8)9)25(27-21)38(11,12)26(5,6)7/h14-15H,4,13,16H2,1-3,5-12H3. The van der Waals surface area contributed by atoms with Crippen molar-refractivity contribution in [1.29, 1.82) is 0 Å². The third kappa shape index (κ3) is 5.98. The molecule has 9 nitrogen and oxygen atoms in total. The highest BCUT2D eigenvalue weighted by Crippen LogP contribution is 2.37. The molecular formula is C26H41N3O6S2Si. The number of hydrogen-bond donors (Lipinski definition) is 0. The SMILES string of the molecule is C=C(Cc1nc([Si](C)(C)C(C)(C)C)n(S(=O)(=O)N(C)C)c1S(=O)c1cc(C)c(OC)c(C)c1)C(=O)OCC. The summed E-state index contributed by atoms with van der Waals surface area (Å²) in [6.07, 6.45) is -0.106. The van der Waals surface area contributed by atoms with Gasteiger partial charge in [0.05, 0.1) is 19.4 Å². The van der Waals surface area contributed by atoms with Crippen molar-refractivity contribution in [3.63, 3.8) is 0 Å². The van der Waals surface area contributed by atoms with Gasteiger partial charge in [-0.3, -0.25) is 0 Å². The van der Waals surface area contributed by atoms with Crippen LogP contribution in [0.15, 0.2) is 34.2 Å². The molecule has 0 spiro atoms. The second-order valence-corrected chi connectivity index (χ2v) is 19.6. The number of ether oxygens (including phenoxy) is 2. The molecular weight excluding hydrogens is 543 g/mol. The molecule has 1 unspecified atom stereocenters. The summed E-state index contributed by atoms with van der Waals surface area (Å²) < 4.78 is 54.8. The number of rotatable bonds is 10. The number of carbonyl (C=O) groups excluding carboxylic acids is 1. The molecule has 0 fully saturated rings. The Kier molecular flexibility index (Phi) is 9.62. The molecule has 0 aliphatic carbocycles. The number of benzene rings is 1. The predicted octanol–water partition coefficient (Wildman–Crippen LogP) is 3.71. The minimum absolute atomic E-state index is 0.00735. The molecule has 212 valence electrons. The number of nitrogens with zero attached hydrogens (tertiary/aromatic N) is 3. The van der Waals surface area contributed by atoms with Gasteiger partial charge < -0.3 is 9.47 Å². The molecule has 1 aromatic carbocycles. The maximum absolute atomic E-state index is 14.3. The zero-order valence-electron chi connectivity index (χ0n) is 24.4. The molecule has 0 saturated carbocycles. The van der Waals surface area contributed by atoms with Crippen LogP contribution in [0.25, 0.3) is 0 Å². The lowest BCUT2D eigenvalue weighted by atomic mass is 10.1. The molecule has 0 N–H and O–H groups in total. The van der Waals surface area contributed by atoms with Gasteiger partial charge in [-0.15, -0.1) is 0 Å². The Bertz CT molecular complexity index is 1350. The van der Waals surface area contributed by atoms with Crippen LogP contribution in [0.2, 0.25) is 18.1 Å². The summed E-state index contributed by atoms with van der Waals surface area (Å²) >= 11 is 0. The fraction of sp³-hybridized carbons (Fsp3) is 0.538. The highest BCUT2D eigenvalue weighted by molar-refractivity contribution is 7.89. The predicted molar refractivity (Wildman–Crippen MR) is 154 cm³/mol. The van der Waals surface area contributed by atoms with E-state index in [1.807, 2.05) is 47.7 Å². The molecule has 0 amide bonds. The summed E-state index contributed by atoms with van der Waals surface area (Å²) in [5.74, 6) is 0.0531. The number of aromatic nitrogens is 2. The van der Waals surface area contributed by atoms with Crippen LogP contribution in [-0.4, -0.2) is 67.7 Å². The van der Waals surface area contributed by atoms with E-state index in [4.69, 9.17) is 14.5 Å². The smallest absolute Gasteiger partial charge is 0.333 e. The molecule has 1 atom stereocenters. The van der Waals surface area contributed by atoms with E-state index in [1.165, 1.54) is 14.1 Å². The van der Waals surface area contributed by atoms with E-state index >= 15 is 0 Å². The normalized spacial score (nSPS) is 13.5. The van der Waals surface area contributed by atoms with Crippen molar-refractivity contribution >= 4 is 40.5 Å². The van der Waals surface area contributed by atoms with Gasteiger partial charge in [0.15, 0.2) is 5.03 Å². The maximum atomic E-state index is 14.3. The van der Waals surface area contributed by atoms with Crippen LogP contribution in [0.5, 0.6) is 5.75 Å². The third-order valence-electron chi connectivity index (χ3n) is 6.96. The Morgan fingerprint density at radius 3 is 2.13 bits per heavy atom. The fourth-order valence-electron chi connectivity index (χ4n) is 3.80. The number of methoxy groups -OCH3 is 1. The Labute approximate surface area is 230 Å². The van der Waals surface area contributed by atoms with E-state index in [0.717, 1.165) is 19.4 Å². The van der Waals surface area contributed by atoms with Crippen molar-refractivity contribution < 1.29 is 26.9 Å². The summed E-state index contributed by atoms with van der Waals surface area (Å²) in [4.78, 5) is 17.7. The van der Waals surface area contributed by atoms with Crippen molar-refractivity contribution in [3.05, 3.63) is 41.1 Å². The van der Waals surface area contributed by atoms with Crippen molar-refractivity contribution in [3.8, 4) is 5.75 Å². The van der Waals surface area contributed by atoms with Gasteiger partial charge in [0.2, 0.25) is 0 Å². The van der Waals surface area contributed by atoms with Crippen molar-refractivity contribution in [2.75, 3.05) is 27.8 Å². The quantitative estimate of drug-likeness (QED) is 0.238. The zero-order valence-corrected chi connectivity index (χ0v) is 27.0. The van der Waals surface area contributed by atoms with E-state index < -0.39 is 35.1 Å². The number of esters is 1. The van der Waals surface area contributed by atoms with Gasteiger partial charge in [0.25, 0.3) is 0 Å². The Morgan fingerprint density at radius 1 is 1.18 bits per heavy atom. The average Bonchev–Trinajstić information content (AvgIpc) is 3.18. The molecule has 0 radical (unpaired) electrons. The topological polar surface area (TPSA) is 108 Å². The first-order chi connectivity index (χ1) is 17.3. The summed E-state index contributed by atoms with van der Waals surface area (Å²) in [5, 5.41) is -0.285. The monoisotopic (exact) mass is 583 g/mol. The first kappa shape index (κ1) is 31.9. The molecule has 0 aliphatic rings. The van der Waals surface area contributed by atoms with Crippen LogP contribution in [-0.2, 0) is 37.0 Å². The van der Waals surface area contributed by atoms with Gasteiger partial charge in [-0.2, -0.15) is 12.7 Å². The number of hydrogen-bond acceptors (Lipinski definition) is 7. The first-order valence-corrected chi connectivity index (χ1v) is 17.8. The van der Waals surface area contributed by atoms with Crippen LogP contribution in [0.3, 0.4) is 0 Å². The summed E-state index contributed by atoms with van der Waals surface area (Å²) in [6, 6.07) is 3.44. The summed E-state index contributed by atoms with van der Waals surface area (Å²) in [7, 11) is -4.33. The van der Waals surface area contributed by atoms with Gasteiger partial charge in [-0.25, -0.2) is 18.0 Å². The Hall–Kier alpha value is -2.28. The van der Waals surface area contributed by atoms with Gasteiger partial charge in [-0.1, -0.05) is 40.4 Å². The molecule has 1 heterocycles. The van der Waals surface area contributed by atoms with Crippen LogP contribution in [0.1, 0.15) is 44.5 Å². The Morgan fingerprint density at radius 2 is 1.71 bits per heavy atom. The van der Waals surface area contributed by atoms with E-state index in [2.05, 4.69) is 6.58 Å². The average molecular weight is 584 g/mol. The van der Waals surface area contributed by atoms with E-state index in [9.17, 15) is 17.4 Å². The van der Waals surface area contributed by atoms with Gasteiger partial charge >= 0.3 is 16.2 Å². The highest BCUT2D eigenvalue weighted by Gasteiger charge is 2.45. The maximum Gasteiger partial charge on any atom is 0.333 e. The second-order valence-electron chi connectivity index (χ2n) is 11.0. The van der Waals surface area contributed by atoms with Crippen LogP contribution in [0.4, 0.5) is 0 Å². The molecule has 12 heteroatoms. The lowest BCUT2D eigenvalue weighted by molar-refractivity contribution is -0.138. The lowest BCUT2D eigenvalue weighted by Gasteiger charge is -2.36. The molecule has 2 rings (SSSR count). The number of carbonyl (C=O) groups is 1. The third-order valence-corrected chi connectivity index (χ3v) is 15.6. The van der Waals surface area contributed by atoms with Crippen LogP contribution >= 0.6 is 0 Å². The summed E-state index contributed by atoms with van der Waals surface area (Å²) in [6.45, 7) is 19.6. The molecule has 0 aliphatic heterocycles. The number of aryl methyl sites for hydroxylation is 2. The lowest BCUT2D eigenvalue weighted by Crippen LogP contribution is -2.56. The molecule has 2 aromatic rings. The molecule has 1 aromatic heterocycles. The zero-order chi connectivity index (χ0) is 29.4. The number of imidazole rings is 1. The Balaban J connectivity index is 3.03. The largest absolute Gasteiger partial charge is 0.496 e. The minimum Gasteiger partial charge on any atom is -0.496 e. The first-order valence-electron chi connectivity index (χ1n) is 12.3. The molecule has 0 bridgehead atoms. The summed E-state index contributed by atoms with van der Waals surface area (Å²) in [5.41, 5.74) is 2.20. The van der Waals surface area contributed by atoms with Gasteiger partial charge in [0, 0.05) is 31.0 Å². The highest BCUT2D eigenvalue weighted by atomic mass is 32.2. The molecule has 38 heavy (non-hydrogen) atoms. The van der Waals surface area contributed by atoms with Crippen LogP contribution in [0, 0.1) is 13.8 Å². The van der Waals surface area contributed by atoms with Crippen molar-refractivity contribution in [2.24, 2.45) is 0 Å². The van der Waals surface area contributed by atoms with Crippen molar-refractivity contribution in [1.82, 2.24) is 13.3 Å². The molecule has 0 saturated heterocycles. The van der Waals surface area contributed by atoms with Gasteiger partial charge in [-0.05, 0) is 49.1 Å². The van der Waals surface area contributed by atoms with Crippen molar-refractivity contribution in [2.45, 2.75) is 76.0 Å².